The van der Waals surface area contributed by atoms with Gasteiger partial charge in [0.1, 0.15) is 0 Å². The van der Waals surface area contributed by atoms with Crippen LogP contribution in [0.1, 0.15) is 16.8 Å². The maximum atomic E-state index is 4.44. The number of hydrogen-bond donors (Lipinski definition) is 1. The van der Waals surface area contributed by atoms with Crippen molar-refractivity contribution in [1.82, 2.24) is 14.8 Å². The van der Waals surface area contributed by atoms with Gasteiger partial charge in [-0.05, 0) is 29.7 Å². The number of benzene rings is 1. The van der Waals surface area contributed by atoms with Crippen LogP contribution in [0.2, 0.25) is 0 Å². The predicted molar refractivity (Wildman–Crippen MR) is 102 cm³/mol. The average Bonchev–Trinajstić information content (AvgIpc) is 2.93. The summed E-state index contributed by atoms with van der Waals surface area (Å²) in [6, 6.07) is 12.9. The van der Waals surface area contributed by atoms with Crippen molar-refractivity contribution in [2.75, 3.05) is 13.6 Å². The SMILES string of the molecule is CN=C(NCc1cccn1C)N1CCc2ccccc2C1.I. The summed E-state index contributed by atoms with van der Waals surface area (Å²) in [5.41, 5.74) is 4.13. The zero-order chi connectivity index (χ0) is 14.7. The maximum Gasteiger partial charge on any atom is 0.194 e. The molecule has 4 nitrogen and oxygen atoms in total. The summed E-state index contributed by atoms with van der Waals surface area (Å²) in [6.45, 7) is 2.75. The first-order chi connectivity index (χ1) is 10.3. The van der Waals surface area contributed by atoms with Gasteiger partial charge in [0.25, 0.3) is 0 Å². The van der Waals surface area contributed by atoms with Gasteiger partial charge in [-0.25, -0.2) is 0 Å². The Hall–Kier alpha value is -1.50. The zero-order valence-corrected chi connectivity index (χ0v) is 15.5. The summed E-state index contributed by atoms with van der Waals surface area (Å²) in [5.74, 6) is 0.978. The van der Waals surface area contributed by atoms with Gasteiger partial charge < -0.3 is 14.8 Å². The van der Waals surface area contributed by atoms with Crippen LogP contribution < -0.4 is 5.32 Å². The van der Waals surface area contributed by atoms with Gasteiger partial charge in [-0.3, -0.25) is 4.99 Å². The molecule has 0 atom stereocenters. The second-order valence-electron chi connectivity index (χ2n) is 5.45. The normalized spacial score (nSPS) is 14.3. The number of nitrogens with one attached hydrogen (secondary N) is 1. The van der Waals surface area contributed by atoms with Crippen LogP contribution in [0.25, 0.3) is 0 Å². The summed E-state index contributed by atoms with van der Waals surface area (Å²) in [4.78, 5) is 6.76. The van der Waals surface area contributed by atoms with E-state index in [1.807, 2.05) is 7.05 Å². The first-order valence-electron chi connectivity index (χ1n) is 7.40. The van der Waals surface area contributed by atoms with Crippen molar-refractivity contribution in [1.29, 1.82) is 0 Å². The largest absolute Gasteiger partial charge is 0.353 e. The highest BCUT2D eigenvalue weighted by Gasteiger charge is 2.18. The first kappa shape index (κ1) is 16.9. The van der Waals surface area contributed by atoms with Crippen molar-refractivity contribution in [2.45, 2.75) is 19.5 Å². The van der Waals surface area contributed by atoms with E-state index in [0.29, 0.717) is 0 Å². The van der Waals surface area contributed by atoms with Gasteiger partial charge in [-0.2, -0.15) is 0 Å². The lowest BCUT2D eigenvalue weighted by atomic mass is 10.0. The molecule has 0 aliphatic carbocycles. The highest BCUT2D eigenvalue weighted by atomic mass is 127. The van der Waals surface area contributed by atoms with Gasteiger partial charge in [0.05, 0.1) is 6.54 Å². The van der Waals surface area contributed by atoms with Crippen molar-refractivity contribution in [3.8, 4) is 0 Å². The van der Waals surface area contributed by atoms with E-state index in [1.54, 1.807) is 0 Å². The van der Waals surface area contributed by atoms with E-state index in [4.69, 9.17) is 0 Å². The van der Waals surface area contributed by atoms with E-state index in [0.717, 1.165) is 32.0 Å². The van der Waals surface area contributed by atoms with Crippen LogP contribution in [-0.2, 0) is 26.6 Å². The zero-order valence-electron chi connectivity index (χ0n) is 13.1. The number of aromatic nitrogens is 1. The Kier molecular flexibility index (Phi) is 5.88. The van der Waals surface area contributed by atoms with E-state index >= 15 is 0 Å². The molecule has 1 aromatic heterocycles. The lowest BCUT2D eigenvalue weighted by Crippen LogP contribution is -2.43. The predicted octanol–water partition coefficient (Wildman–Crippen LogP) is 2.78. The molecule has 118 valence electrons. The van der Waals surface area contributed by atoms with E-state index < -0.39 is 0 Å². The number of rotatable bonds is 2. The molecule has 0 fully saturated rings. The standard InChI is InChI=1S/C17H22N4.HI/c1-18-17(19-12-16-8-5-10-20(16)2)21-11-9-14-6-3-4-7-15(14)13-21;/h3-8,10H,9,11-13H2,1-2H3,(H,18,19);1H. The Morgan fingerprint density at radius 2 is 1.95 bits per heavy atom. The molecule has 0 amide bonds. The number of halogens is 1. The molecule has 2 heterocycles. The van der Waals surface area contributed by atoms with Crippen molar-refractivity contribution < 1.29 is 0 Å². The van der Waals surface area contributed by atoms with Gasteiger partial charge >= 0.3 is 0 Å². The van der Waals surface area contributed by atoms with Gasteiger partial charge in [0.15, 0.2) is 5.96 Å². The molecule has 0 radical (unpaired) electrons. The minimum absolute atomic E-state index is 0. The molecule has 0 saturated heterocycles. The number of hydrogen-bond acceptors (Lipinski definition) is 1. The van der Waals surface area contributed by atoms with Gasteiger partial charge in [0, 0.05) is 39.1 Å². The first-order valence-corrected chi connectivity index (χ1v) is 7.40. The summed E-state index contributed by atoms with van der Waals surface area (Å²) in [5, 5.41) is 3.47. The molecule has 22 heavy (non-hydrogen) atoms. The van der Waals surface area contributed by atoms with Gasteiger partial charge in [-0.1, -0.05) is 24.3 Å². The molecule has 1 N–H and O–H groups in total. The minimum atomic E-state index is 0. The second-order valence-corrected chi connectivity index (χ2v) is 5.45. The molecule has 0 saturated carbocycles. The Labute approximate surface area is 149 Å². The molecule has 3 rings (SSSR count). The van der Waals surface area contributed by atoms with E-state index in [2.05, 4.69) is 69.4 Å². The monoisotopic (exact) mass is 410 g/mol. The lowest BCUT2D eigenvalue weighted by molar-refractivity contribution is 0.378. The summed E-state index contributed by atoms with van der Waals surface area (Å²) < 4.78 is 2.13. The Morgan fingerprint density at radius 3 is 2.64 bits per heavy atom. The molecule has 0 unspecified atom stereocenters. The number of nitrogens with zero attached hydrogens (tertiary/aromatic N) is 3. The molecular weight excluding hydrogens is 387 g/mol. The molecule has 5 heteroatoms. The minimum Gasteiger partial charge on any atom is -0.353 e. The highest BCUT2D eigenvalue weighted by Crippen LogP contribution is 2.18. The summed E-state index contributed by atoms with van der Waals surface area (Å²) in [6.07, 6.45) is 3.15. The third-order valence-electron chi connectivity index (χ3n) is 4.12. The molecular formula is C17H23IN4. The number of guanidine groups is 1. The highest BCUT2D eigenvalue weighted by molar-refractivity contribution is 14.0. The van der Waals surface area contributed by atoms with Crippen molar-refractivity contribution in [3.05, 3.63) is 59.4 Å². The number of fused-ring (bicyclic) bond motifs is 1. The molecule has 0 bridgehead atoms. The van der Waals surface area contributed by atoms with Crippen LogP contribution in [0, 0.1) is 0 Å². The third kappa shape index (κ3) is 3.63. The number of aliphatic imine (C=N–C) groups is 1. The van der Waals surface area contributed by atoms with Crippen LogP contribution in [0.4, 0.5) is 0 Å². The fourth-order valence-corrected chi connectivity index (χ4v) is 2.86. The topological polar surface area (TPSA) is 32.6 Å². The van der Waals surface area contributed by atoms with Crippen LogP contribution in [-0.4, -0.2) is 29.0 Å². The fraction of sp³-hybridized carbons (Fsp3) is 0.353. The second kappa shape index (κ2) is 7.67. The molecule has 2 aromatic rings. The maximum absolute atomic E-state index is 4.44. The van der Waals surface area contributed by atoms with Crippen molar-refractivity contribution in [2.24, 2.45) is 12.0 Å². The lowest BCUT2D eigenvalue weighted by Gasteiger charge is -2.31. The Bertz CT molecular complexity index is 648. The molecule has 1 aliphatic heterocycles. The van der Waals surface area contributed by atoms with E-state index in [-0.39, 0.29) is 24.0 Å². The Balaban J connectivity index is 0.00000176. The molecule has 1 aromatic carbocycles. The van der Waals surface area contributed by atoms with Crippen LogP contribution in [0.5, 0.6) is 0 Å². The van der Waals surface area contributed by atoms with Crippen LogP contribution in [0.15, 0.2) is 47.6 Å². The quantitative estimate of drug-likeness (QED) is 0.469. The van der Waals surface area contributed by atoms with Crippen molar-refractivity contribution in [3.63, 3.8) is 0 Å². The fourth-order valence-electron chi connectivity index (χ4n) is 2.86. The Morgan fingerprint density at radius 1 is 1.18 bits per heavy atom. The van der Waals surface area contributed by atoms with E-state index in [9.17, 15) is 0 Å². The van der Waals surface area contributed by atoms with Crippen LogP contribution in [0.3, 0.4) is 0 Å². The molecule has 1 aliphatic rings. The summed E-state index contributed by atoms with van der Waals surface area (Å²) in [7, 11) is 3.92. The summed E-state index contributed by atoms with van der Waals surface area (Å²) >= 11 is 0. The van der Waals surface area contributed by atoms with Crippen molar-refractivity contribution >= 4 is 29.9 Å². The average molecular weight is 410 g/mol. The van der Waals surface area contributed by atoms with Gasteiger partial charge in [0.2, 0.25) is 0 Å². The third-order valence-corrected chi connectivity index (χ3v) is 4.12. The van der Waals surface area contributed by atoms with Crippen LogP contribution >= 0.6 is 24.0 Å². The number of aryl methyl sites for hydroxylation is 1. The van der Waals surface area contributed by atoms with Gasteiger partial charge in [-0.15, -0.1) is 24.0 Å². The van der Waals surface area contributed by atoms with E-state index in [1.165, 1.54) is 16.8 Å². The molecule has 0 spiro atoms. The smallest absolute Gasteiger partial charge is 0.194 e.